The van der Waals surface area contributed by atoms with Gasteiger partial charge < -0.3 is 0 Å². The molecular formula is H13AlCuGaInSSe. The molecule has 0 N–H and O–H groups in total. The molecule has 45 valence electrons. The van der Waals surface area contributed by atoms with Crippen LogP contribution in [-0.4, -0.2) is 80.1 Å². The molecule has 0 rings (SSSR count). The molecule has 6 heavy (non-hydrogen) atoms. The van der Waals surface area contributed by atoms with Crippen molar-refractivity contribution in [2.75, 3.05) is 0 Å². The van der Waals surface area contributed by atoms with E-state index in [1.54, 1.807) is 0 Å². The average molecular weight is 399 g/mol. The fourth-order valence-electron chi connectivity index (χ4n) is 0. The Bertz CT molecular complexity index is 15.5. The molecule has 0 aromatic rings. The van der Waals surface area contributed by atoms with Crippen molar-refractivity contribution in [1.82, 2.24) is 0 Å². The van der Waals surface area contributed by atoms with Crippen LogP contribution in [0.5, 0.6) is 0 Å². The van der Waals surface area contributed by atoms with Crippen LogP contribution in [0, 0.1) is 0 Å². The van der Waals surface area contributed by atoms with Crippen molar-refractivity contribution in [3.05, 3.63) is 0 Å². The van der Waals surface area contributed by atoms with Crippen LogP contribution in [0.15, 0.2) is 0 Å². The van der Waals surface area contributed by atoms with Crippen molar-refractivity contribution < 1.29 is 17.1 Å². The topological polar surface area (TPSA) is 0 Å². The summed E-state index contributed by atoms with van der Waals surface area (Å²) >= 11 is 0. The second-order valence-corrected chi connectivity index (χ2v) is 0. The molecule has 0 heterocycles. The Balaban J connectivity index is 0. The second kappa shape index (κ2) is 39.6. The van der Waals surface area contributed by atoms with Crippen LogP contribution in [0.4, 0.5) is 0 Å². The van der Waals surface area contributed by atoms with Gasteiger partial charge in [-0.1, -0.05) is 0 Å². The third-order valence-corrected chi connectivity index (χ3v) is 0. The molecule has 0 saturated carbocycles. The molecule has 6 heteroatoms. The van der Waals surface area contributed by atoms with Crippen LogP contribution < -0.4 is 0 Å². The summed E-state index contributed by atoms with van der Waals surface area (Å²) in [5.41, 5.74) is 0. The monoisotopic (exact) mass is 399 g/mol. The quantitative estimate of drug-likeness (QED) is 0.362. The van der Waals surface area contributed by atoms with Gasteiger partial charge in [0.15, 0.2) is 17.4 Å². The van der Waals surface area contributed by atoms with E-state index in [-0.39, 0.29) is 111 Å². The molecule has 0 unspecified atom stereocenters. The molecule has 1 radical (unpaired) electrons. The zero-order valence-corrected chi connectivity index (χ0v) is 5.34. The first-order valence-electron chi connectivity index (χ1n) is 0. The van der Waals surface area contributed by atoms with Gasteiger partial charge in [0.1, 0.15) is 0 Å². The molecule has 0 spiro atoms. The molecule has 0 aliphatic heterocycles. The van der Waals surface area contributed by atoms with Crippen LogP contribution in [0.3, 0.4) is 0 Å². The van der Waals surface area contributed by atoms with Crippen molar-refractivity contribution in [2.24, 2.45) is 0 Å². The van der Waals surface area contributed by atoms with E-state index in [9.17, 15) is 0 Å². The van der Waals surface area contributed by atoms with Gasteiger partial charge in [-0.05, 0) is 0 Å². The zero-order chi connectivity index (χ0) is 0. The van der Waals surface area contributed by atoms with Gasteiger partial charge in [0.25, 0.3) is 0 Å². The molecule has 0 aromatic heterocycles. The molecule has 0 aliphatic carbocycles. The van der Waals surface area contributed by atoms with E-state index in [0.29, 0.717) is 0 Å². The van der Waals surface area contributed by atoms with Crippen molar-refractivity contribution in [1.29, 1.82) is 0 Å². The molecule has 0 aromatic carbocycles. The van der Waals surface area contributed by atoms with E-state index in [1.165, 1.54) is 0 Å². The predicted octanol–water partition coefficient (Wildman–Crippen LogP) is -4.36. The molecule has 0 fully saturated rings. The first-order chi connectivity index (χ1) is 0. The average Bonchev–Trinajstić information content (AvgIpc) is 0. The molecule has 0 nitrogen and oxygen atoms in total. The molecular weight excluding hydrogens is 386 g/mol. The Morgan fingerprint density at radius 1 is 1.00 bits per heavy atom. The van der Waals surface area contributed by atoms with E-state index in [4.69, 9.17) is 0 Å². The number of hydrogen-bond acceptors (Lipinski definition) is 0. The predicted molar refractivity (Wildman–Crippen MR) is 48.7 cm³/mol. The summed E-state index contributed by atoms with van der Waals surface area (Å²) in [6.07, 6.45) is 0. The van der Waals surface area contributed by atoms with Crippen molar-refractivity contribution >= 4 is 93.6 Å². The summed E-state index contributed by atoms with van der Waals surface area (Å²) in [6, 6.07) is 0. The van der Waals surface area contributed by atoms with Gasteiger partial charge in [-0.3, -0.25) is 0 Å². The van der Waals surface area contributed by atoms with Gasteiger partial charge in [0.05, 0.1) is 0 Å². The maximum absolute atomic E-state index is 0. The van der Waals surface area contributed by atoms with E-state index in [2.05, 4.69) is 0 Å². The molecule has 0 atom stereocenters. The summed E-state index contributed by atoms with van der Waals surface area (Å²) in [5, 5.41) is 0. The van der Waals surface area contributed by atoms with Crippen LogP contribution >= 0.6 is 13.5 Å². The van der Waals surface area contributed by atoms with E-state index in [1.807, 2.05) is 0 Å². The summed E-state index contributed by atoms with van der Waals surface area (Å²) < 4.78 is 0. The Labute approximate surface area is 109 Å². The van der Waals surface area contributed by atoms with Crippen LogP contribution in [0.1, 0.15) is 0 Å². The first-order valence-corrected chi connectivity index (χ1v) is 0. The van der Waals surface area contributed by atoms with Gasteiger partial charge in [-0.25, -0.2) is 0 Å². The first kappa shape index (κ1) is 57.0. The third kappa shape index (κ3) is 26.1. The molecule has 0 bridgehead atoms. The van der Waals surface area contributed by atoms with Crippen molar-refractivity contribution in [2.45, 2.75) is 0 Å². The molecule has 0 aliphatic rings. The summed E-state index contributed by atoms with van der Waals surface area (Å²) in [6.45, 7) is 0. The summed E-state index contributed by atoms with van der Waals surface area (Å²) in [5.74, 6) is 0. The molecule has 0 saturated heterocycles. The fourth-order valence-corrected chi connectivity index (χ4v) is 0. The SMILES string of the molecule is S.[AlH3].[Cu].[GaH3].[InH3].[SeH2]. The van der Waals surface area contributed by atoms with Gasteiger partial charge in [-0.15, -0.1) is 0 Å². The van der Waals surface area contributed by atoms with Crippen LogP contribution in [-0.2, 0) is 17.1 Å². The third-order valence-electron chi connectivity index (χ3n) is 0. The fraction of sp³-hybridized carbons (Fsp3) is 0. The number of rotatable bonds is 0. The van der Waals surface area contributed by atoms with Crippen LogP contribution in [0.25, 0.3) is 0 Å². The Hall–Kier alpha value is 3.43. The number of hydrogen-bond donors (Lipinski definition) is 0. The van der Waals surface area contributed by atoms with Crippen molar-refractivity contribution in [3.8, 4) is 0 Å². The Kier molecular flexibility index (Phi) is 376. The normalized spacial score (nSPS) is 0. The second-order valence-electron chi connectivity index (χ2n) is 0. The van der Waals surface area contributed by atoms with Crippen molar-refractivity contribution in [3.63, 3.8) is 0 Å². The zero-order valence-electron chi connectivity index (χ0n) is 1.30. The summed E-state index contributed by atoms with van der Waals surface area (Å²) in [7, 11) is 0. The van der Waals surface area contributed by atoms with Gasteiger partial charge in [0, 0.05) is 17.1 Å². The van der Waals surface area contributed by atoms with Crippen LogP contribution in [0.2, 0.25) is 0 Å². The Morgan fingerprint density at radius 3 is 1.00 bits per heavy atom. The van der Waals surface area contributed by atoms with Gasteiger partial charge in [-0.2, -0.15) is 13.5 Å². The van der Waals surface area contributed by atoms with E-state index in [0.717, 1.165) is 0 Å². The Morgan fingerprint density at radius 2 is 1.00 bits per heavy atom. The van der Waals surface area contributed by atoms with E-state index < -0.39 is 0 Å². The summed E-state index contributed by atoms with van der Waals surface area (Å²) in [4.78, 5) is 0. The maximum atomic E-state index is 0. The van der Waals surface area contributed by atoms with Gasteiger partial charge >= 0.3 is 62.7 Å². The minimum absolute atomic E-state index is 0. The van der Waals surface area contributed by atoms with E-state index >= 15 is 0 Å². The van der Waals surface area contributed by atoms with Gasteiger partial charge in [0.2, 0.25) is 0 Å². The standard InChI is InChI=1S/Al.Cu.Ga.In.H2S.H2Se.9H/h;;;;2*1H2;;;;;;;;;. The minimum atomic E-state index is 0. The molecule has 0 amide bonds.